The second-order valence-electron chi connectivity index (χ2n) is 4.52. The van der Waals surface area contributed by atoms with Crippen molar-refractivity contribution in [2.24, 2.45) is 7.05 Å². The van der Waals surface area contributed by atoms with Gasteiger partial charge in [-0.15, -0.1) is 0 Å². The maximum atomic E-state index is 6.02. The predicted molar refractivity (Wildman–Crippen MR) is 64.1 cm³/mol. The number of benzene rings is 1. The van der Waals surface area contributed by atoms with Crippen LogP contribution in [-0.2, 0) is 12.5 Å². The van der Waals surface area contributed by atoms with Crippen LogP contribution in [0.4, 0.5) is 5.69 Å². The Morgan fingerprint density at radius 3 is 2.44 bits per heavy atom. The molecular formula is C13H15N3. The number of aromatic nitrogens is 2. The van der Waals surface area contributed by atoms with E-state index in [0.717, 1.165) is 5.69 Å². The van der Waals surface area contributed by atoms with Crippen molar-refractivity contribution in [1.29, 1.82) is 0 Å². The molecule has 0 spiro atoms. The van der Waals surface area contributed by atoms with Gasteiger partial charge in [-0.2, -0.15) is 5.10 Å². The normalized spacial score (nSPS) is 17.3. The van der Waals surface area contributed by atoms with E-state index in [9.17, 15) is 0 Å². The molecule has 0 unspecified atom stereocenters. The molecule has 1 aromatic carbocycles. The van der Waals surface area contributed by atoms with Crippen LogP contribution in [0.25, 0.3) is 0 Å². The zero-order valence-corrected chi connectivity index (χ0v) is 9.35. The molecule has 1 aromatic heterocycles. The molecule has 1 aliphatic carbocycles. The molecule has 0 aliphatic heterocycles. The highest BCUT2D eigenvalue weighted by Crippen LogP contribution is 2.54. The summed E-state index contributed by atoms with van der Waals surface area (Å²) in [6.45, 7) is 0. The van der Waals surface area contributed by atoms with Gasteiger partial charge in [0.05, 0.1) is 17.6 Å². The highest BCUT2D eigenvalue weighted by atomic mass is 15.3. The van der Waals surface area contributed by atoms with Crippen LogP contribution in [0, 0.1) is 0 Å². The summed E-state index contributed by atoms with van der Waals surface area (Å²) in [6.07, 6.45) is 4.08. The van der Waals surface area contributed by atoms with E-state index in [1.807, 2.05) is 17.8 Å². The molecule has 3 nitrogen and oxygen atoms in total. The molecule has 82 valence electrons. The van der Waals surface area contributed by atoms with E-state index in [2.05, 4.69) is 29.4 Å². The van der Waals surface area contributed by atoms with Crippen LogP contribution < -0.4 is 5.73 Å². The van der Waals surface area contributed by atoms with Gasteiger partial charge in [0.2, 0.25) is 0 Å². The number of hydrogen-bond acceptors (Lipinski definition) is 2. The van der Waals surface area contributed by atoms with Crippen LogP contribution in [0.2, 0.25) is 0 Å². The Kier molecular flexibility index (Phi) is 1.84. The maximum absolute atomic E-state index is 6.02. The van der Waals surface area contributed by atoms with E-state index in [0.29, 0.717) is 0 Å². The van der Waals surface area contributed by atoms with E-state index in [-0.39, 0.29) is 5.41 Å². The van der Waals surface area contributed by atoms with Crippen LogP contribution in [0.15, 0.2) is 36.5 Å². The molecule has 0 radical (unpaired) electrons. The Morgan fingerprint density at radius 1 is 1.25 bits per heavy atom. The van der Waals surface area contributed by atoms with Crippen LogP contribution in [0.1, 0.15) is 24.1 Å². The first-order valence-corrected chi connectivity index (χ1v) is 5.57. The number of anilines is 1. The zero-order chi connectivity index (χ0) is 11.2. The summed E-state index contributed by atoms with van der Waals surface area (Å²) < 4.78 is 1.91. The van der Waals surface area contributed by atoms with Gasteiger partial charge in [-0.25, -0.2) is 0 Å². The molecule has 0 atom stereocenters. The van der Waals surface area contributed by atoms with E-state index >= 15 is 0 Å². The van der Waals surface area contributed by atoms with Crippen LogP contribution in [0.3, 0.4) is 0 Å². The Balaban J connectivity index is 2.14. The predicted octanol–water partition coefficient (Wildman–Crippen LogP) is 2.08. The Hall–Kier alpha value is -1.77. The third-order valence-corrected chi connectivity index (χ3v) is 3.50. The summed E-state index contributed by atoms with van der Waals surface area (Å²) in [7, 11) is 1.97. The van der Waals surface area contributed by atoms with Gasteiger partial charge in [-0.1, -0.05) is 30.3 Å². The molecule has 2 aromatic rings. The Bertz CT molecular complexity index is 490. The average Bonchev–Trinajstić information content (AvgIpc) is 3.03. The highest BCUT2D eigenvalue weighted by Gasteiger charge is 2.49. The molecule has 0 bridgehead atoms. The van der Waals surface area contributed by atoms with Crippen LogP contribution >= 0.6 is 0 Å². The molecule has 1 fully saturated rings. The molecule has 3 heteroatoms. The van der Waals surface area contributed by atoms with E-state index in [4.69, 9.17) is 5.73 Å². The van der Waals surface area contributed by atoms with Gasteiger partial charge < -0.3 is 5.73 Å². The lowest BCUT2D eigenvalue weighted by molar-refractivity contribution is 0.660. The summed E-state index contributed by atoms with van der Waals surface area (Å²) in [5, 5.41) is 4.24. The largest absolute Gasteiger partial charge is 0.396 e. The number of nitrogens with zero attached hydrogens (tertiary/aromatic N) is 2. The van der Waals surface area contributed by atoms with Crippen LogP contribution in [0.5, 0.6) is 0 Å². The van der Waals surface area contributed by atoms with Gasteiger partial charge >= 0.3 is 0 Å². The number of rotatable bonds is 2. The third-order valence-electron chi connectivity index (χ3n) is 3.50. The molecule has 1 aliphatic rings. The smallest absolute Gasteiger partial charge is 0.0742 e. The van der Waals surface area contributed by atoms with Crippen molar-refractivity contribution in [3.63, 3.8) is 0 Å². The molecule has 2 N–H and O–H groups in total. The lowest BCUT2D eigenvalue weighted by Gasteiger charge is -2.17. The fraction of sp³-hybridized carbons (Fsp3) is 0.308. The van der Waals surface area contributed by atoms with Crippen molar-refractivity contribution in [2.75, 3.05) is 5.73 Å². The van der Waals surface area contributed by atoms with Crippen molar-refractivity contribution >= 4 is 5.69 Å². The van der Waals surface area contributed by atoms with Gasteiger partial charge in [-0.3, -0.25) is 4.68 Å². The summed E-state index contributed by atoms with van der Waals surface area (Å²) in [5.41, 5.74) is 9.47. The molecule has 1 saturated carbocycles. The SMILES string of the molecule is Cn1ncc(N)c1C1(c2ccccc2)CC1. The van der Waals surface area contributed by atoms with Crippen LogP contribution in [-0.4, -0.2) is 9.78 Å². The fourth-order valence-corrected chi connectivity index (χ4v) is 2.58. The lowest BCUT2D eigenvalue weighted by atomic mass is 9.91. The molecular weight excluding hydrogens is 198 g/mol. The Morgan fingerprint density at radius 2 is 1.94 bits per heavy atom. The van der Waals surface area contributed by atoms with Crippen molar-refractivity contribution in [3.8, 4) is 0 Å². The molecule has 3 rings (SSSR count). The maximum Gasteiger partial charge on any atom is 0.0742 e. The van der Waals surface area contributed by atoms with Crippen molar-refractivity contribution in [2.45, 2.75) is 18.3 Å². The highest BCUT2D eigenvalue weighted by molar-refractivity contribution is 5.54. The van der Waals surface area contributed by atoms with Gasteiger partial charge in [0.25, 0.3) is 0 Å². The van der Waals surface area contributed by atoms with E-state index < -0.39 is 0 Å². The zero-order valence-electron chi connectivity index (χ0n) is 9.35. The molecule has 16 heavy (non-hydrogen) atoms. The first-order chi connectivity index (χ1) is 7.74. The number of nitrogen functional groups attached to an aromatic ring is 1. The van der Waals surface area contributed by atoms with Gasteiger partial charge in [0.1, 0.15) is 0 Å². The van der Waals surface area contributed by atoms with Crippen molar-refractivity contribution < 1.29 is 0 Å². The van der Waals surface area contributed by atoms with Gasteiger partial charge in [0.15, 0.2) is 0 Å². The second kappa shape index (κ2) is 3.11. The van der Waals surface area contributed by atoms with Crippen molar-refractivity contribution in [3.05, 3.63) is 47.8 Å². The Labute approximate surface area is 94.9 Å². The van der Waals surface area contributed by atoms with Gasteiger partial charge in [-0.05, 0) is 18.4 Å². The first-order valence-electron chi connectivity index (χ1n) is 5.57. The topological polar surface area (TPSA) is 43.8 Å². The average molecular weight is 213 g/mol. The molecule has 0 amide bonds. The number of nitrogens with two attached hydrogens (primary N) is 1. The van der Waals surface area contributed by atoms with E-state index in [1.165, 1.54) is 24.1 Å². The quantitative estimate of drug-likeness (QED) is 0.830. The monoisotopic (exact) mass is 213 g/mol. The molecule has 0 saturated heterocycles. The summed E-state index contributed by atoms with van der Waals surface area (Å²) >= 11 is 0. The fourth-order valence-electron chi connectivity index (χ4n) is 2.58. The number of hydrogen-bond donors (Lipinski definition) is 1. The number of aryl methyl sites for hydroxylation is 1. The van der Waals surface area contributed by atoms with Crippen molar-refractivity contribution in [1.82, 2.24) is 9.78 Å². The lowest BCUT2D eigenvalue weighted by Crippen LogP contribution is -2.15. The van der Waals surface area contributed by atoms with E-state index in [1.54, 1.807) is 6.20 Å². The minimum atomic E-state index is 0.122. The minimum Gasteiger partial charge on any atom is -0.396 e. The third kappa shape index (κ3) is 1.18. The van der Waals surface area contributed by atoms with Gasteiger partial charge in [0, 0.05) is 12.5 Å². The first kappa shape index (κ1) is 9.46. The summed E-state index contributed by atoms with van der Waals surface area (Å²) in [5.74, 6) is 0. The summed E-state index contributed by atoms with van der Waals surface area (Å²) in [6, 6.07) is 10.6. The summed E-state index contributed by atoms with van der Waals surface area (Å²) in [4.78, 5) is 0. The second-order valence-corrected chi connectivity index (χ2v) is 4.52. The minimum absolute atomic E-state index is 0.122. The standard InChI is InChI=1S/C13H15N3/c1-16-12(11(14)9-15-16)13(7-8-13)10-5-3-2-4-6-10/h2-6,9H,7-8,14H2,1H3. The molecule has 1 heterocycles.